The number of ketones is 1. The van der Waals surface area contributed by atoms with Crippen molar-refractivity contribution in [1.82, 2.24) is 0 Å². The van der Waals surface area contributed by atoms with Crippen molar-refractivity contribution in [3.05, 3.63) is 88.1 Å². The minimum absolute atomic E-state index is 0.0771. The van der Waals surface area contributed by atoms with Gasteiger partial charge in [0.1, 0.15) is 0 Å². The molecule has 1 aliphatic carbocycles. The van der Waals surface area contributed by atoms with Gasteiger partial charge in [0.15, 0.2) is 17.3 Å². The number of phenolic OH excluding ortho intramolecular Hbond substituents is 1. The van der Waals surface area contributed by atoms with E-state index >= 15 is 0 Å². The molecule has 0 spiro atoms. The normalized spacial score (nSPS) is 18.9. The van der Waals surface area contributed by atoms with Crippen LogP contribution < -0.4 is 20.3 Å². The van der Waals surface area contributed by atoms with Crippen LogP contribution in [0.3, 0.4) is 0 Å². The maximum atomic E-state index is 13.8. The Morgan fingerprint density at radius 1 is 1.03 bits per heavy atom. The predicted molar refractivity (Wildman–Crippen MR) is 145 cm³/mol. The molecular weight excluding hydrogens is 474 g/mol. The van der Waals surface area contributed by atoms with Crippen molar-refractivity contribution in [3.8, 4) is 11.5 Å². The number of para-hydroxylation sites is 2. The number of benzene rings is 3. The summed E-state index contributed by atoms with van der Waals surface area (Å²) in [5.41, 5.74) is 6.43. The number of aromatic hydroxyl groups is 1. The molecular formula is C29H30ClN3O3. The van der Waals surface area contributed by atoms with Gasteiger partial charge in [-0.15, -0.1) is 0 Å². The van der Waals surface area contributed by atoms with E-state index in [-0.39, 0.29) is 22.5 Å². The van der Waals surface area contributed by atoms with Crippen LogP contribution in [0, 0.1) is 0 Å². The van der Waals surface area contributed by atoms with E-state index in [4.69, 9.17) is 16.3 Å². The van der Waals surface area contributed by atoms with Crippen LogP contribution in [0.5, 0.6) is 11.5 Å². The second-order valence-electron chi connectivity index (χ2n) is 9.44. The molecule has 0 aromatic heterocycles. The molecule has 186 valence electrons. The van der Waals surface area contributed by atoms with Gasteiger partial charge in [-0.25, -0.2) is 0 Å². The Bertz CT molecular complexity index is 1330. The van der Waals surface area contributed by atoms with Gasteiger partial charge in [-0.05, 0) is 66.8 Å². The van der Waals surface area contributed by atoms with E-state index in [2.05, 4.69) is 39.8 Å². The first-order chi connectivity index (χ1) is 17.4. The summed E-state index contributed by atoms with van der Waals surface area (Å²) in [6.07, 6.45) is 1.12. The van der Waals surface area contributed by atoms with Gasteiger partial charge in [-0.2, -0.15) is 0 Å². The fourth-order valence-corrected chi connectivity index (χ4v) is 5.27. The van der Waals surface area contributed by atoms with Crippen molar-refractivity contribution in [2.75, 3.05) is 36.2 Å². The fraction of sp³-hybridized carbons (Fsp3) is 0.276. The molecule has 6 nitrogen and oxygen atoms in total. The first-order valence-electron chi connectivity index (χ1n) is 12.2. The topological polar surface area (TPSA) is 73.8 Å². The van der Waals surface area contributed by atoms with Crippen molar-refractivity contribution in [3.63, 3.8) is 0 Å². The van der Waals surface area contributed by atoms with E-state index in [9.17, 15) is 9.90 Å². The number of Topliss-reactive ketones (excluding diaryl/α,β-unsaturated/α-hetero) is 1. The van der Waals surface area contributed by atoms with Crippen LogP contribution in [0.4, 0.5) is 17.1 Å². The number of nitrogens with zero attached hydrogens (tertiary/aromatic N) is 1. The Morgan fingerprint density at radius 3 is 2.44 bits per heavy atom. The molecule has 0 radical (unpaired) electrons. The molecule has 2 aliphatic rings. The SMILES string of the molecule is CCOc1cc(C2Nc3ccccc3NC3=C2C(=O)CC(c2ccc(N(C)C)cc2)C3)cc(Cl)c1O. The Morgan fingerprint density at radius 2 is 1.75 bits per heavy atom. The van der Waals surface area contributed by atoms with Crippen LogP contribution in [0.25, 0.3) is 0 Å². The molecule has 0 bridgehead atoms. The summed E-state index contributed by atoms with van der Waals surface area (Å²) < 4.78 is 5.63. The number of nitrogens with one attached hydrogen (secondary N) is 2. The summed E-state index contributed by atoms with van der Waals surface area (Å²) in [6, 6.07) is 19.4. The van der Waals surface area contributed by atoms with Gasteiger partial charge in [-0.1, -0.05) is 35.9 Å². The number of hydrogen-bond donors (Lipinski definition) is 3. The maximum absolute atomic E-state index is 13.8. The van der Waals surface area contributed by atoms with Crippen molar-refractivity contribution >= 4 is 34.4 Å². The minimum Gasteiger partial charge on any atom is -0.503 e. The summed E-state index contributed by atoms with van der Waals surface area (Å²) in [4.78, 5) is 15.8. The fourth-order valence-electron chi connectivity index (χ4n) is 5.05. The lowest BCUT2D eigenvalue weighted by atomic mass is 9.78. The number of phenols is 1. The molecule has 7 heteroatoms. The Balaban J connectivity index is 1.59. The third-order valence-corrected chi connectivity index (χ3v) is 7.16. The molecule has 3 aromatic carbocycles. The summed E-state index contributed by atoms with van der Waals surface area (Å²) in [7, 11) is 4.03. The summed E-state index contributed by atoms with van der Waals surface area (Å²) >= 11 is 6.39. The molecule has 1 heterocycles. The summed E-state index contributed by atoms with van der Waals surface area (Å²) in [5, 5.41) is 17.7. The van der Waals surface area contributed by atoms with Crippen molar-refractivity contribution < 1.29 is 14.6 Å². The zero-order valence-corrected chi connectivity index (χ0v) is 21.4. The lowest BCUT2D eigenvalue weighted by molar-refractivity contribution is -0.116. The van der Waals surface area contributed by atoms with Crippen LogP contribution in [0.2, 0.25) is 5.02 Å². The smallest absolute Gasteiger partial charge is 0.176 e. The van der Waals surface area contributed by atoms with E-state index in [0.29, 0.717) is 30.8 Å². The standard InChI is InChI=1S/C29H30ClN3O3/c1-4-36-26-16-19(13-21(30)29(26)35)28-27-24(31-22-7-5-6-8-23(22)32-28)14-18(15-25(27)34)17-9-11-20(12-10-17)33(2)3/h5-13,16,18,28,31-32,35H,4,14-15H2,1-3H3. The van der Waals surface area contributed by atoms with Gasteiger partial charge in [0.05, 0.1) is 29.0 Å². The van der Waals surface area contributed by atoms with E-state index in [1.165, 1.54) is 0 Å². The molecule has 0 fully saturated rings. The van der Waals surface area contributed by atoms with Crippen molar-refractivity contribution in [2.24, 2.45) is 0 Å². The highest BCUT2D eigenvalue weighted by atomic mass is 35.5. The number of ether oxygens (including phenoxy) is 1. The molecule has 2 unspecified atom stereocenters. The maximum Gasteiger partial charge on any atom is 0.176 e. The third-order valence-electron chi connectivity index (χ3n) is 6.87. The van der Waals surface area contributed by atoms with Crippen LogP contribution >= 0.6 is 11.6 Å². The van der Waals surface area contributed by atoms with Crippen LogP contribution in [0.15, 0.2) is 71.9 Å². The number of halogens is 1. The lowest BCUT2D eigenvalue weighted by Gasteiger charge is -2.30. The minimum atomic E-state index is -0.446. The Labute approximate surface area is 216 Å². The van der Waals surface area contributed by atoms with Gasteiger partial charge in [0, 0.05) is 37.5 Å². The zero-order chi connectivity index (χ0) is 25.4. The van der Waals surface area contributed by atoms with Gasteiger partial charge < -0.3 is 25.4 Å². The number of fused-ring (bicyclic) bond motifs is 1. The Kier molecular flexibility index (Phi) is 6.54. The van der Waals surface area contributed by atoms with Crippen LogP contribution in [-0.2, 0) is 4.79 Å². The second-order valence-corrected chi connectivity index (χ2v) is 9.84. The molecule has 3 aromatic rings. The third kappa shape index (κ3) is 4.49. The monoisotopic (exact) mass is 503 g/mol. The van der Waals surface area contributed by atoms with Crippen LogP contribution in [0.1, 0.15) is 42.9 Å². The highest BCUT2D eigenvalue weighted by molar-refractivity contribution is 6.32. The largest absolute Gasteiger partial charge is 0.503 e. The molecule has 2 atom stereocenters. The molecule has 0 saturated carbocycles. The number of allylic oxidation sites excluding steroid dienone is 1. The van der Waals surface area contributed by atoms with Gasteiger partial charge in [-0.3, -0.25) is 4.79 Å². The van der Waals surface area contributed by atoms with E-state index in [0.717, 1.165) is 33.9 Å². The number of anilines is 3. The molecule has 36 heavy (non-hydrogen) atoms. The van der Waals surface area contributed by atoms with Crippen molar-refractivity contribution in [1.29, 1.82) is 0 Å². The van der Waals surface area contributed by atoms with Crippen LogP contribution in [-0.4, -0.2) is 31.6 Å². The van der Waals surface area contributed by atoms with Gasteiger partial charge in [0.2, 0.25) is 0 Å². The number of rotatable bonds is 5. The molecule has 5 rings (SSSR count). The molecule has 3 N–H and O–H groups in total. The first kappa shape index (κ1) is 24.1. The zero-order valence-electron chi connectivity index (χ0n) is 20.6. The Hall–Kier alpha value is -3.64. The first-order valence-corrected chi connectivity index (χ1v) is 12.5. The van der Waals surface area contributed by atoms with Crippen molar-refractivity contribution in [2.45, 2.75) is 31.7 Å². The second kappa shape index (κ2) is 9.78. The summed E-state index contributed by atoms with van der Waals surface area (Å²) in [5.74, 6) is 0.363. The van der Waals surface area contributed by atoms with Gasteiger partial charge >= 0.3 is 0 Å². The predicted octanol–water partition coefficient (Wildman–Crippen LogP) is 6.49. The molecule has 1 aliphatic heterocycles. The number of hydrogen-bond acceptors (Lipinski definition) is 6. The highest BCUT2D eigenvalue weighted by Crippen LogP contribution is 2.46. The number of carbonyl (C=O) groups excluding carboxylic acids is 1. The molecule has 0 saturated heterocycles. The summed E-state index contributed by atoms with van der Waals surface area (Å²) in [6.45, 7) is 2.23. The van der Waals surface area contributed by atoms with E-state index < -0.39 is 6.04 Å². The quantitative estimate of drug-likeness (QED) is 0.369. The van der Waals surface area contributed by atoms with E-state index in [1.807, 2.05) is 45.3 Å². The number of carbonyl (C=O) groups is 1. The van der Waals surface area contributed by atoms with Gasteiger partial charge in [0.25, 0.3) is 0 Å². The average molecular weight is 504 g/mol. The average Bonchev–Trinajstić information content (AvgIpc) is 3.04. The lowest BCUT2D eigenvalue weighted by Crippen LogP contribution is -2.27. The molecule has 0 amide bonds. The highest BCUT2D eigenvalue weighted by Gasteiger charge is 2.36. The van der Waals surface area contributed by atoms with E-state index in [1.54, 1.807) is 12.1 Å².